The molecule has 0 saturated carbocycles. The minimum Gasteiger partial charge on any atom is -0.480 e. The third-order valence-electron chi connectivity index (χ3n) is 4.56. The van der Waals surface area contributed by atoms with Crippen molar-refractivity contribution in [3.8, 4) is 0 Å². The van der Waals surface area contributed by atoms with Crippen LogP contribution in [0.1, 0.15) is 103 Å². The Morgan fingerprint density at radius 3 is 1.64 bits per heavy atom. The number of aliphatic hydroxyl groups is 1. The van der Waals surface area contributed by atoms with Crippen LogP contribution in [0.4, 0.5) is 0 Å². The molecule has 0 aromatic heterocycles. The molecule has 0 spiro atoms. The fourth-order valence-corrected chi connectivity index (χ4v) is 2.96. The number of aliphatic carboxylic acids is 1. The Morgan fingerprint density at radius 2 is 1.24 bits per heavy atom. The first-order chi connectivity index (χ1) is 12.1. The second-order valence-electron chi connectivity index (χ2n) is 6.96. The Morgan fingerprint density at radius 1 is 0.800 bits per heavy atom. The van der Waals surface area contributed by atoms with Gasteiger partial charge in [0.25, 0.3) is 0 Å². The normalized spacial score (nSPS) is 12.1. The second kappa shape index (κ2) is 17.7. The van der Waals surface area contributed by atoms with Crippen molar-refractivity contribution in [2.24, 2.45) is 0 Å². The summed E-state index contributed by atoms with van der Waals surface area (Å²) in [5.41, 5.74) is 0. The lowest BCUT2D eigenvalue weighted by molar-refractivity contribution is -0.142. The van der Waals surface area contributed by atoms with Gasteiger partial charge in [0, 0.05) is 19.4 Å². The summed E-state index contributed by atoms with van der Waals surface area (Å²) < 4.78 is 0. The van der Waals surface area contributed by atoms with Crippen LogP contribution in [0.15, 0.2) is 0 Å². The maximum Gasteiger partial charge on any atom is 0.326 e. The van der Waals surface area contributed by atoms with Crippen molar-refractivity contribution in [1.29, 1.82) is 0 Å². The van der Waals surface area contributed by atoms with Crippen molar-refractivity contribution in [3.05, 3.63) is 0 Å². The van der Waals surface area contributed by atoms with E-state index in [1.54, 1.807) is 0 Å². The number of hydrogen-bond donors (Lipinski definition) is 3. The van der Waals surface area contributed by atoms with E-state index < -0.39 is 12.0 Å². The number of carboxylic acid groups (broad SMARTS) is 1. The Balaban J connectivity index is 3.37. The van der Waals surface area contributed by atoms with E-state index in [1.165, 1.54) is 64.2 Å². The van der Waals surface area contributed by atoms with Crippen molar-refractivity contribution in [2.45, 2.75) is 109 Å². The topological polar surface area (TPSA) is 86.6 Å². The Bertz CT molecular complexity index is 334. The summed E-state index contributed by atoms with van der Waals surface area (Å²) >= 11 is 0. The van der Waals surface area contributed by atoms with Crippen LogP contribution in [0, 0.1) is 0 Å². The summed E-state index contributed by atoms with van der Waals surface area (Å²) in [6.07, 6.45) is 16.7. The van der Waals surface area contributed by atoms with E-state index in [0.717, 1.165) is 19.3 Å². The van der Waals surface area contributed by atoms with Gasteiger partial charge in [-0.3, -0.25) is 4.79 Å². The van der Waals surface area contributed by atoms with Crippen LogP contribution in [-0.4, -0.2) is 34.7 Å². The minimum atomic E-state index is -1.09. The molecule has 5 nitrogen and oxygen atoms in total. The zero-order valence-electron chi connectivity index (χ0n) is 16.1. The molecule has 0 aromatic carbocycles. The monoisotopic (exact) mass is 357 g/mol. The van der Waals surface area contributed by atoms with E-state index in [0.29, 0.717) is 6.42 Å². The van der Waals surface area contributed by atoms with Gasteiger partial charge < -0.3 is 15.5 Å². The largest absolute Gasteiger partial charge is 0.480 e. The molecule has 0 aliphatic heterocycles. The van der Waals surface area contributed by atoms with Gasteiger partial charge in [-0.05, 0) is 6.42 Å². The molecule has 0 heterocycles. The molecule has 0 rings (SSSR count). The molecule has 0 bridgehead atoms. The molecule has 0 aliphatic rings. The molecular formula is C20H39NO4. The lowest BCUT2D eigenvalue weighted by Gasteiger charge is -2.12. The fraction of sp³-hybridized carbons (Fsp3) is 0.900. The maximum absolute atomic E-state index is 11.7. The number of amides is 1. The molecule has 3 N–H and O–H groups in total. The highest BCUT2D eigenvalue weighted by atomic mass is 16.4. The zero-order chi connectivity index (χ0) is 18.8. The highest BCUT2D eigenvalue weighted by molar-refractivity contribution is 5.83. The van der Waals surface area contributed by atoms with Gasteiger partial charge in [0.05, 0.1) is 0 Å². The lowest BCUT2D eigenvalue weighted by atomic mass is 10.0. The van der Waals surface area contributed by atoms with Crippen molar-refractivity contribution in [2.75, 3.05) is 6.61 Å². The average molecular weight is 358 g/mol. The quantitative estimate of drug-likeness (QED) is 0.317. The molecule has 1 atom stereocenters. The van der Waals surface area contributed by atoms with Crippen molar-refractivity contribution in [3.63, 3.8) is 0 Å². The van der Waals surface area contributed by atoms with Crippen LogP contribution in [0.2, 0.25) is 0 Å². The standard InChI is InChI=1S/C20H39NO4/c1-2-3-4-5-6-7-8-9-10-11-12-13-14-15-19(23)21-18(16-17-22)20(24)25/h18,22H,2-17H2,1H3,(H,21,23)(H,24,25)/t18-/m1/s1. The summed E-state index contributed by atoms with van der Waals surface area (Å²) in [6, 6.07) is -0.973. The predicted molar refractivity (Wildman–Crippen MR) is 102 cm³/mol. The number of nitrogens with one attached hydrogen (secondary N) is 1. The van der Waals surface area contributed by atoms with Gasteiger partial charge in [-0.1, -0.05) is 84.0 Å². The number of hydrogen-bond acceptors (Lipinski definition) is 3. The number of unbranched alkanes of at least 4 members (excludes halogenated alkanes) is 12. The van der Waals surface area contributed by atoms with Gasteiger partial charge in [0.2, 0.25) is 5.91 Å². The molecule has 0 aliphatic carbocycles. The Kier molecular flexibility index (Phi) is 16.9. The van der Waals surface area contributed by atoms with Gasteiger partial charge >= 0.3 is 5.97 Å². The highest BCUT2D eigenvalue weighted by Gasteiger charge is 2.18. The summed E-state index contributed by atoms with van der Waals surface area (Å²) in [5, 5.41) is 20.2. The van der Waals surface area contributed by atoms with Crippen molar-refractivity contribution >= 4 is 11.9 Å². The van der Waals surface area contributed by atoms with E-state index in [-0.39, 0.29) is 18.9 Å². The van der Waals surface area contributed by atoms with Crippen LogP contribution < -0.4 is 5.32 Å². The molecule has 0 radical (unpaired) electrons. The van der Waals surface area contributed by atoms with Crippen LogP contribution in [-0.2, 0) is 9.59 Å². The number of carboxylic acids is 1. The number of carbonyl (C=O) groups is 2. The first-order valence-corrected chi connectivity index (χ1v) is 10.2. The van der Waals surface area contributed by atoms with E-state index in [2.05, 4.69) is 12.2 Å². The zero-order valence-corrected chi connectivity index (χ0v) is 16.1. The van der Waals surface area contributed by atoms with Crippen molar-refractivity contribution < 1.29 is 19.8 Å². The Labute approximate surface area is 153 Å². The third-order valence-corrected chi connectivity index (χ3v) is 4.56. The maximum atomic E-state index is 11.7. The number of rotatable bonds is 18. The van der Waals surface area contributed by atoms with E-state index in [4.69, 9.17) is 10.2 Å². The van der Waals surface area contributed by atoms with Gasteiger partial charge in [-0.25, -0.2) is 4.79 Å². The molecule has 0 saturated heterocycles. The van der Waals surface area contributed by atoms with E-state index >= 15 is 0 Å². The third kappa shape index (κ3) is 16.1. The van der Waals surface area contributed by atoms with Crippen LogP contribution in [0.25, 0.3) is 0 Å². The SMILES string of the molecule is CCCCCCCCCCCCCCCC(=O)N[C@H](CCO)C(=O)O. The Hall–Kier alpha value is -1.10. The summed E-state index contributed by atoms with van der Waals surface area (Å²) in [7, 11) is 0. The summed E-state index contributed by atoms with van der Waals surface area (Å²) in [4.78, 5) is 22.6. The van der Waals surface area contributed by atoms with Crippen LogP contribution >= 0.6 is 0 Å². The molecule has 0 aromatic rings. The van der Waals surface area contributed by atoms with Crippen LogP contribution in [0.5, 0.6) is 0 Å². The average Bonchev–Trinajstić information content (AvgIpc) is 2.58. The number of carbonyl (C=O) groups excluding carboxylic acids is 1. The smallest absolute Gasteiger partial charge is 0.326 e. The van der Waals surface area contributed by atoms with Gasteiger partial charge in [-0.2, -0.15) is 0 Å². The first-order valence-electron chi connectivity index (χ1n) is 10.2. The van der Waals surface area contributed by atoms with Gasteiger partial charge in [0.15, 0.2) is 0 Å². The summed E-state index contributed by atoms with van der Waals surface area (Å²) in [6.45, 7) is 2.01. The van der Waals surface area contributed by atoms with Gasteiger partial charge in [0.1, 0.15) is 6.04 Å². The van der Waals surface area contributed by atoms with Crippen LogP contribution in [0.3, 0.4) is 0 Å². The number of aliphatic hydroxyl groups excluding tert-OH is 1. The molecule has 148 valence electrons. The van der Waals surface area contributed by atoms with Crippen molar-refractivity contribution in [1.82, 2.24) is 5.32 Å². The van der Waals surface area contributed by atoms with E-state index in [1.807, 2.05) is 0 Å². The molecule has 0 fully saturated rings. The molecular weight excluding hydrogens is 318 g/mol. The minimum absolute atomic E-state index is 0.0552. The first kappa shape index (κ1) is 23.9. The van der Waals surface area contributed by atoms with E-state index in [9.17, 15) is 9.59 Å². The lowest BCUT2D eigenvalue weighted by Crippen LogP contribution is -2.41. The van der Waals surface area contributed by atoms with Gasteiger partial charge in [-0.15, -0.1) is 0 Å². The molecule has 5 heteroatoms. The molecule has 25 heavy (non-hydrogen) atoms. The summed E-state index contributed by atoms with van der Waals surface area (Å²) in [5.74, 6) is -1.32. The fourth-order valence-electron chi connectivity index (χ4n) is 2.96. The predicted octanol–water partition coefficient (Wildman–Crippen LogP) is 4.42. The highest BCUT2D eigenvalue weighted by Crippen LogP contribution is 2.13. The molecule has 1 amide bonds. The second-order valence-corrected chi connectivity index (χ2v) is 6.96. The molecule has 0 unspecified atom stereocenters.